The highest BCUT2D eigenvalue weighted by atomic mass is 16.5. The number of rotatable bonds is 3. The van der Waals surface area contributed by atoms with Crippen molar-refractivity contribution in [2.24, 2.45) is 11.8 Å². The zero-order chi connectivity index (χ0) is 10.7. The summed E-state index contributed by atoms with van der Waals surface area (Å²) in [5.41, 5.74) is 0. The van der Waals surface area contributed by atoms with Gasteiger partial charge in [0.2, 0.25) is 0 Å². The summed E-state index contributed by atoms with van der Waals surface area (Å²) in [6, 6.07) is 0. The van der Waals surface area contributed by atoms with Crippen LogP contribution < -0.4 is 0 Å². The molecule has 0 unspecified atom stereocenters. The minimum atomic E-state index is -0.997. The Kier molecular flexibility index (Phi) is 3.52. The summed E-state index contributed by atoms with van der Waals surface area (Å²) in [7, 11) is 1.53. The molecule has 0 aromatic heterocycles. The summed E-state index contributed by atoms with van der Waals surface area (Å²) in [6.45, 7) is 1.69. The molecule has 4 heteroatoms. The Hall–Kier alpha value is -1.03. The lowest BCUT2D eigenvalue weighted by Crippen LogP contribution is -2.38. The second-order valence-corrected chi connectivity index (χ2v) is 3.71. The zero-order valence-corrected chi connectivity index (χ0v) is 8.41. The van der Waals surface area contributed by atoms with Crippen LogP contribution in [-0.2, 0) is 19.1 Å². The Morgan fingerprint density at radius 3 is 2.21 bits per heavy atom. The highest BCUT2D eigenvalue weighted by Gasteiger charge is 2.37. The van der Waals surface area contributed by atoms with Crippen LogP contribution in [0.2, 0.25) is 0 Å². The van der Waals surface area contributed by atoms with Gasteiger partial charge in [0.1, 0.15) is 11.7 Å². The van der Waals surface area contributed by atoms with Crippen LogP contribution in [0.15, 0.2) is 0 Å². The maximum atomic E-state index is 11.4. The Balaban J connectivity index is 2.68. The van der Waals surface area contributed by atoms with Gasteiger partial charge in [-0.1, -0.05) is 0 Å². The molecule has 0 N–H and O–H groups in total. The SMILES string of the molecule is COCC1CC(=O)C(C(C)=O)C(=O)C1. The molecule has 0 aromatic carbocycles. The molecule has 0 amide bonds. The minimum absolute atomic E-state index is 0.0457. The third-order valence-electron chi connectivity index (χ3n) is 2.43. The summed E-state index contributed by atoms with van der Waals surface area (Å²) in [5, 5.41) is 0. The lowest BCUT2D eigenvalue weighted by Gasteiger charge is -2.23. The van der Waals surface area contributed by atoms with Crippen molar-refractivity contribution in [2.75, 3.05) is 13.7 Å². The van der Waals surface area contributed by atoms with E-state index in [-0.39, 0.29) is 36.1 Å². The summed E-state index contributed by atoms with van der Waals surface area (Å²) >= 11 is 0. The predicted molar refractivity (Wildman–Crippen MR) is 48.8 cm³/mol. The fourth-order valence-corrected chi connectivity index (χ4v) is 1.86. The maximum absolute atomic E-state index is 11.4. The summed E-state index contributed by atoms with van der Waals surface area (Å²) in [5.74, 6) is -1.89. The monoisotopic (exact) mass is 198 g/mol. The number of ketones is 3. The molecule has 1 aliphatic rings. The first-order valence-electron chi connectivity index (χ1n) is 4.61. The fraction of sp³-hybridized carbons (Fsp3) is 0.700. The smallest absolute Gasteiger partial charge is 0.151 e. The van der Waals surface area contributed by atoms with Gasteiger partial charge < -0.3 is 4.74 Å². The lowest BCUT2D eigenvalue weighted by atomic mass is 9.78. The van der Waals surface area contributed by atoms with Crippen LogP contribution in [0.3, 0.4) is 0 Å². The third-order valence-corrected chi connectivity index (χ3v) is 2.43. The van der Waals surface area contributed by atoms with E-state index in [1.165, 1.54) is 14.0 Å². The van der Waals surface area contributed by atoms with E-state index < -0.39 is 5.92 Å². The Bertz CT molecular complexity index is 251. The molecule has 4 nitrogen and oxygen atoms in total. The molecule has 1 fully saturated rings. The second kappa shape index (κ2) is 4.46. The molecular weight excluding hydrogens is 184 g/mol. The van der Waals surface area contributed by atoms with E-state index in [0.717, 1.165) is 0 Å². The van der Waals surface area contributed by atoms with Crippen molar-refractivity contribution in [3.63, 3.8) is 0 Å². The third kappa shape index (κ3) is 2.26. The Labute approximate surface area is 82.6 Å². The topological polar surface area (TPSA) is 60.4 Å². The summed E-state index contributed by atoms with van der Waals surface area (Å²) < 4.78 is 4.88. The molecule has 0 spiro atoms. The molecule has 0 aromatic rings. The van der Waals surface area contributed by atoms with Crippen LogP contribution in [0.25, 0.3) is 0 Å². The number of Topliss-reactive ketones (excluding diaryl/α,β-unsaturated/α-hetero) is 3. The van der Waals surface area contributed by atoms with Gasteiger partial charge in [-0.05, 0) is 12.8 Å². The van der Waals surface area contributed by atoms with Crippen LogP contribution in [-0.4, -0.2) is 31.1 Å². The van der Waals surface area contributed by atoms with Gasteiger partial charge in [-0.15, -0.1) is 0 Å². The molecule has 0 aliphatic heterocycles. The van der Waals surface area contributed by atoms with Crippen LogP contribution in [0.5, 0.6) is 0 Å². The molecule has 0 bridgehead atoms. The molecule has 0 atom stereocenters. The van der Waals surface area contributed by atoms with Gasteiger partial charge in [-0.3, -0.25) is 14.4 Å². The van der Waals surface area contributed by atoms with E-state index in [0.29, 0.717) is 6.61 Å². The van der Waals surface area contributed by atoms with Crippen LogP contribution in [0.1, 0.15) is 19.8 Å². The fourth-order valence-electron chi connectivity index (χ4n) is 1.86. The molecule has 1 saturated carbocycles. The van der Waals surface area contributed by atoms with Crippen molar-refractivity contribution in [2.45, 2.75) is 19.8 Å². The van der Waals surface area contributed by atoms with E-state index in [1.54, 1.807) is 0 Å². The van der Waals surface area contributed by atoms with Gasteiger partial charge in [-0.25, -0.2) is 0 Å². The first kappa shape index (κ1) is 11.0. The zero-order valence-electron chi connectivity index (χ0n) is 8.41. The normalized spacial score (nSPS) is 27.9. The number of carbonyl (C=O) groups excluding carboxylic acids is 3. The molecule has 1 rings (SSSR count). The lowest BCUT2D eigenvalue weighted by molar-refractivity contribution is -0.143. The molecule has 0 heterocycles. The van der Waals surface area contributed by atoms with Crippen molar-refractivity contribution >= 4 is 17.3 Å². The minimum Gasteiger partial charge on any atom is -0.384 e. The van der Waals surface area contributed by atoms with Crippen molar-refractivity contribution in [3.8, 4) is 0 Å². The first-order valence-corrected chi connectivity index (χ1v) is 4.61. The average molecular weight is 198 g/mol. The van der Waals surface area contributed by atoms with Gasteiger partial charge in [0.25, 0.3) is 0 Å². The van der Waals surface area contributed by atoms with Crippen LogP contribution in [0, 0.1) is 11.8 Å². The van der Waals surface area contributed by atoms with Gasteiger partial charge in [0.15, 0.2) is 11.6 Å². The van der Waals surface area contributed by atoms with Crippen molar-refractivity contribution in [1.82, 2.24) is 0 Å². The van der Waals surface area contributed by atoms with Crippen LogP contribution in [0.4, 0.5) is 0 Å². The average Bonchev–Trinajstić information content (AvgIpc) is 2.01. The number of hydrogen-bond acceptors (Lipinski definition) is 4. The summed E-state index contributed by atoms with van der Waals surface area (Å²) in [4.78, 5) is 33.9. The van der Waals surface area contributed by atoms with E-state index >= 15 is 0 Å². The standard InChI is InChI=1S/C10H14O4/c1-6(11)10-8(12)3-7(5-14-2)4-9(10)13/h7,10H,3-5H2,1-2H3. The van der Waals surface area contributed by atoms with Crippen molar-refractivity contribution in [1.29, 1.82) is 0 Å². The Morgan fingerprint density at radius 1 is 1.36 bits per heavy atom. The predicted octanol–water partition coefficient (Wildman–Crippen LogP) is 0.386. The van der Waals surface area contributed by atoms with E-state index in [1.807, 2.05) is 0 Å². The number of carbonyl (C=O) groups is 3. The quantitative estimate of drug-likeness (QED) is 0.615. The maximum Gasteiger partial charge on any atom is 0.151 e. The van der Waals surface area contributed by atoms with Crippen LogP contribution >= 0.6 is 0 Å². The molecule has 0 saturated heterocycles. The molecular formula is C10H14O4. The molecule has 0 radical (unpaired) electrons. The van der Waals surface area contributed by atoms with Crippen molar-refractivity contribution < 1.29 is 19.1 Å². The highest BCUT2D eigenvalue weighted by molar-refractivity contribution is 6.20. The molecule has 78 valence electrons. The van der Waals surface area contributed by atoms with Gasteiger partial charge >= 0.3 is 0 Å². The largest absolute Gasteiger partial charge is 0.384 e. The van der Waals surface area contributed by atoms with E-state index in [9.17, 15) is 14.4 Å². The molecule has 1 aliphatic carbocycles. The van der Waals surface area contributed by atoms with Gasteiger partial charge in [-0.2, -0.15) is 0 Å². The van der Waals surface area contributed by atoms with E-state index in [2.05, 4.69) is 0 Å². The summed E-state index contributed by atoms with van der Waals surface area (Å²) in [6.07, 6.45) is 0.563. The Morgan fingerprint density at radius 2 is 1.86 bits per heavy atom. The number of hydrogen-bond donors (Lipinski definition) is 0. The number of ether oxygens (including phenoxy) is 1. The van der Waals surface area contributed by atoms with Gasteiger partial charge in [0.05, 0.1) is 0 Å². The first-order chi connectivity index (χ1) is 6.56. The second-order valence-electron chi connectivity index (χ2n) is 3.71. The van der Waals surface area contributed by atoms with E-state index in [4.69, 9.17) is 4.74 Å². The van der Waals surface area contributed by atoms with Crippen molar-refractivity contribution in [3.05, 3.63) is 0 Å². The highest BCUT2D eigenvalue weighted by Crippen LogP contribution is 2.23. The number of methoxy groups -OCH3 is 1. The molecule has 14 heavy (non-hydrogen) atoms. The van der Waals surface area contributed by atoms with Gasteiger partial charge in [0, 0.05) is 26.6 Å².